The largest absolute Gasteiger partial charge is 0.457 e. The van der Waals surface area contributed by atoms with E-state index in [1.54, 1.807) is 6.20 Å². The summed E-state index contributed by atoms with van der Waals surface area (Å²) >= 11 is 0. The van der Waals surface area contributed by atoms with Crippen molar-refractivity contribution in [3.8, 4) is 11.5 Å². The van der Waals surface area contributed by atoms with E-state index >= 15 is 0 Å². The molecule has 0 aliphatic heterocycles. The van der Waals surface area contributed by atoms with Gasteiger partial charge in [0.15, 0.2) is 5.96 Å². The van der Waals surface area contributed by atoms with Crippen LogP contribution >= 0.6 is 0 Å². The molecule has 24 heavy (non-hydrogen) atoms. The van der Waals surface area contributed by atoms with Crippen LogP contribution in [0.2, 0.25) is 0 Å². The van der Waals surface area contributed by atoms with Gasteiger partial charge in [0.25, 0.3) is 0 Å². The predicted molar refractivity (Wildman–Crippen MR) is 96.9 cm³/mol. The highest BCUT2D eigenvalue weighted by Gasteiger charge is 2.02. The molecular weight excluding hydrogens is 300 g/mol. The van der Waals surface area contributed by atoms with Crippen molar-refractivity contribution in [2.24, 2.45) is 0 Å². The van der Waals surface area contributed by atoms with Crippen LogP contribution < -0.4 is 15.4 Å². The van der Waals surface area contributed by atoms with Gasteiger partial charge >= 0.3 is 0 Å². The van der Waals surface area contributed by atoms with E-state index in [2.05, 4.69) is 15.6 Å². The lowest BCUT2D eigenvalue weighted by Gasteiger charge is -2.11. The first-order chi connectivity index (χ1) is 11.7. The van der Waals surface area contributed by atoms with Gasteiger partial charge in [0.2, 0.25) is 0 Å². The fourth-order valence-electron chi connectivity index (χ4n) is 2.14. The first-order valence-corrected chi connectivity index (χ1v) is 7.57. The fraction of sp³-hybridized carbons (Fsp3) is 0.0526. The standard InChI is InChI=1S/C19H18N4O/c1-14-11-12-21-18(13-14)23-19(20)22-15-7-9-17(10-8-15)24-16-5-3-2-4-6-16/h2-13H,1H3,(H3,20,21,22,23). The minimum absolute atomic E-state index is 0.157. The number of ether oxygens (including phenoxy) is 1. The average molecular weight is 318 g/mol. The number of para-hydroxylation sites is 1. The van der Waals surface area contributed by atoms with Gasteiger partial charge in [-0.15, -0.1) is 0 Å². The molecule has 3 aromatic rings. The van der Waals surface area contributed by atoms with Gasteiger partial charge < -0.3 is 15.4 Å². The van der Waals surface area contributed by atoms with Crippen molar-refractivity contribution in [3.63, 3.8) is 0 Å². The molecule has 5 nitrogen and oxygen atoms in total. The van der Waals surface area contributed by atoms with Gasteiger partial charge in [-0.2, -0.15) is 0 Å². The Balaban J connectivity index is 1.58. The summed E-state index contributed by atoms with van der Waals surface area (Å²) < 4.78 is 5.74. The van der Waals surface area contributed by atoms with E-state index < -0.39 is 0 Å². The number of hydrogen-bond donors (Lipinski definition) is 3. The minimum Gasteiger partial charge on any atom is -0.457 e. The number of guanidine groups is 1. The molecule has 0 radical (unpaired) electrons. The van der Waals surface area contributed by atoms with Gasteiger partial charge in [0.05, 0.1) is 0 Å². The molecule has 0 aliphatic carbocycles. The Hall–Kier alpha value is -3.34. The summed E-state index contributed by atoms with van der Waals surface area (Å²) in [4.78, 5) is 4.17. The van der Waals surface area contributed by atoms with Gasteiger partial charge in [0, 0.05) is 11.9 Å². The van der Waals surface area contributed by atoms with Crippen molar-refractivity contribution in [1.29, 1.82) is 5.41 Å². The lowest BCUT2D eigenvalue weighted by atomic mass is 10.3. The Bertz CT molecular complexity index is 816. The molecule has 0 unspecified atom stereocenters. The monoisotopic (exact) mass is 318 g/mol. The van der Waals surface area contributed by atoms with E-state index in [1.807, 2.05) is 73.7 Å². The first-order valence-electron chi connectivity index (χ1n) is 7.57. The van der Waals surface area contributed by atoms with Gasteiger partial charge in [-0.05, 0) is 61.0 Å². The van der Waals surface area contributed by atoms with Crippen LogP contribution in [-0.2, 0) is 0 Å². The van der Waals surface area contributed by atoms with Crippen LogP contribution in [0.5, 0.6) is 11.5 Å². The number of nitrogens with one attached hydrogen (secondary N) is 3. The zero-order chi connectivity index (χ0) is 16.8. The zero-order valence-corrected chi connectivity index (χ0v) is 13.3. The van der Waals surface area contributed by atoms with Crippen LogP contribution in [0, 0.1) is 12.3 Å². The number of rotatable bonds is 4. The molecule has 2 aromatic carbocycles. The second-order valence-electron chi connectivity index (χ2n) is 5.28. The van der Waals surface area contributed by atoms with Gasteiger partial charge in [-0.25, -0.2) is 4.98 Å². The quantitative estimate of drug-likeness (QED) is 0.484. The Kier molecular flexibility index (Phi) is 4.72. The maximum absolute atomic E-state index is 7.97. The Morgan fingerprint density at radius 3 is 2.33 bits per heavy atom. The smallest absolute Gasteiger partial charge is 0.198 e. The second kappa shape index (κ2) is 7.28. The molecule has 0 amide bonds. The van der Waals surface area contributed by atoms with E-state index in [1.165, 1.54) is 0 Å². The van der Waals surface area contributed by atoms with Crippen LogP contribution in [-0.4, -0.2) is 10.9 Å². The van der Waals surface area contributed by atoms with Crippen molar-refractivity contribution >= 4 is 17.5 Å². The molecule has 0 aliphatic rings. The third-order valence-corrected chi connectivity index (χ3v) is 3.27. The molecule has 1 aromatic heterocycles. The van der Waals surface area contributed by atoms with Crippen LogP contribution in [0.15, 0.2) is 72.9 Å². The zero-order valence-electron chi connectivity index (χ0n) is 13.3. The van der Waals surface area contributed by atoms with Crippen molar-refractivity contribution in [2.75, 3.05) is 10.6 Å². The number of nitrogens with zero attached hydrogens (tertiary/aromatic N) is 1. The lowest BCUT2D eigenvalue weighted by Crippen LogP contribution is -2.21. The molecular formula is C19H18N4O. The van der Waals surface area contributed by atoms with Gasteiger partial charge in [-0.1, -0.05) is 18.2 Å². The molecule has 120 valence electrons. The van der Waals surface area contributed by atoms with Crippen LogP contribution in [0.4, 0.5) is 11.5 Å². The SMILES string of the molecule is Cc1ccnc(NC(=N)Nc2ccc(Oc3ccccc3)cc2)c1. The number of pyridine rings is 1. The third-order valence-electron chi connectivity index (χ3n) is 3.27. The summed E-state index contributed by atoms with van der Waals surface area (Å²) in [6.07, 6.45) is 1.71. The topological polar surface area (TPSA) is 70.0 Å². The predicted octanol–water partition coefficient (Wildman–Crippen LogP) is 4.64. The van der Waals surface area contributed by atoms with Crippen molar-refractivity contribution < 1.29 is 4.74 Å². The highest BCUT2D eigenvalue weighted by atomic mass is 16.5. The molecule has 0 bridgehead atoms. The Morgan fingerprint density at radius 2 is 1.62 bits per heavy atom. The molecule has 1 heterocycles. The van der Waals surface area contributed by atoms with E-state index in [9.17, 15) is 0 Å². The summed E-state index contributed by atoms with van der Waals surface area (Å²) in [5, 5.41) is 13.9. The highest BCUT2D eigenvalue weighted by molar-refractivity contribution is 6.00. The number of aryl methyl sites for hydroxylation is 1. The van der Waals surface area contributed by atoms with E-state index in [-0.39, 0.29) is 5.96 Å². The van der Waals surface area contributed by atoms with E-state index in [0.29, 0.717) is 5.82 Å². The molecule has 0 saturated carbocycles. The van der Waals surface area contributed by atoms with Crippen molar-refractivity contribution in [2.45, 2.75) is 6.92 Å². The van der Waals surface area contributed by atoms with Gasteiger partial charge in [-0.3, -0.25) is 5.41 Å². The van der Waals surface area contributed by atoms with E-state index in [4.69, 9.17) is 10.1 Å². The third kappa shape index (κ3) is 4.33. The molecule has 0 fully saturated rings. The minimum atomic E-state index is 0.157. The lowest BCUT2D eigenvalue weighted by molar-refractivity contribution is 0.483. The second-order valence-corrected chi connectivity index (χ2v) is 5.28. The van der Waals surface area contributed by atoms with Gasteiger partial charge in [0.1, 0.15) is 17.3 Å². The summed E-state index contributed by atoms with van der Waals surface area (Å²) in [6.45, 7) is 1.98. The van der Waals surface area contributed by atoms with Crippen LogP contribution in [0.3, 0.4) is 0 Å². The molecule has 3 N–H and O–H groups in total. The maximum atomic E-state index is 7.97. The molecule has 0 saturated heterocycles. The number of anilines is 2. The van der Waals surface area contributed by atoms with Crippen molar-refractivity contribution in [1.82, 2.24) is 4.98 Å². The first kappa shape index (κ1) is 15.6. The number of aromatic nitrogens is 1. The number of hydrogen-bond acceptors (Lipinski definition) is 3. The maximum Gasteiger partial charge on any atom is 0.198 e. The normalized spacial score (nSPS) is 10.0. The fourth-order valence-corrected chi connectivity index (χ4v) is 2.14. The average Bonchev–Trinajstić information content (AvgIpc) is 2.57. The molecule has 0 atom stereocenters. The van der Waals surface area contributed by atoms with Crippen molar-refractivity contribution in [3.05, 3.63) is 78.5 Å². The summed E-state index contributed by atoms with van der Waals surface area (Å²) in [6, 6.07) is 20.8. The summed E-state index contributed by atoms with van der Waals surface area (Å²) in [5.74, 6) is 2.33. The Labute approximate surface area is 140 Å². The van der Waals surface area contributed by atoms with Crippen LogP contribution in [0.25, 0.3) is 0 Å². The van der Waals surface area contributed by atoms with Crippen LogP contribution in [0.1, 0.15) is 5.56 Å². The van der Waals surface area contributed by atoms with E-state index in [0.717, 1.165) is 22.7 Å². The summed E-state index contributed by atoms with van der Waals surface area (Å²) in [5.41, 5.74) is 1.88. The number of benzene rings is 2. The molecule has 0 spiro atoms. The Morgan fingerprint density at radius 1 is 0.917 bits per heavy atom. The molecule has 5 heteroatoms. The summed E-state index contributed by atoms with van der Waals surface area (Å²) in [7, 11) is 0. The highest BCUT2D eigenvalue weighted by Crippen LogP contribution is 2.22. The molecule has 3 rings (SSSR count).